The molecule has 6 heteroatoms. The average molecular weight is 210 g/mol. The van der Waals surface area contributed by atoms with Gasteiger partial charge in [-0.1, -0.05) is 6.92 Å². The zero-order valence-electron chi connectivity index (χ0n) is 8.50. The van der Waals surface area contributed by atoms with Crippen LogP contribution >= 0.6 is 0 Å². The molecular formula is C9H14N4O2. The van der Waals surface area contributed by atoms with Crippen molar-refractivity contribution >= 4 is 6.09 Å². The first kappa shape index (κ1) is 11.4. The predicted molar refractivity (Wildman–Crippen MR) is 53.9 cm³/mol. The topological polar surface area (TPSA) is 92.3 Å². The lowest BCUT2D eigenvalue weighted by Crippen LogP contribution is -2.44. The monoisotopic (exact) mass is 210 g/mol. The van der Waals surface area contributed by atoms with Crippen LogP contribution in [0.5, 0.6) is 0 Å². The summed E-state index contributed by atoms with van der Waals surface area (Å²) in [6, 6.07) is 0. The molecule has 0 saturated carbocycles. The van der Waals surface area contributed by atoms with Crippen molar-refractivity contribution in [3.05, 3.63) is 24.3 Å². The molecule has 0 saturated heterocycles. The van der Waals surface area contributed by atoms with Gasteiger partial charge in [0.15, 0.2) is 0 Å². The molecule has 1 aromatic rings. The normalized spacial score (nSPS) is 12.1. The number of carboxylic acid groups (broad SMARTS) is 1. The van der Waals surface area contributed by atoms with Crippen LogP contribution in [0.2, 0.25) is 0 Å². The molecule has 1 heterocycles. The molecule has 0 bridgehead atoms. The van der Waals surface area contributed by atoms with Crippen molar-refractivity contribution in [3.8, 4) is 0 Å². The molecule has 0 radical (unpaired) electrons. The van der Waals surface area contributed by atoms with Crippen molar-refractivity contribution < 1.29 is 9.90 Å². The minimum Gasteiger partial charge on any atom is -0.465 e. The third-order valence-corrected chi connectivity index (χ3v) is 2.01. The van der Waals surface area contributed by atoms with Crippen molar-refractivity contribution in [1.82, 2.24) is 14.9 Å². The summed E-state index contributed by atoms with van der Waals surface area (Å²) in [6.45, 7) is 2.00. The van der Waals surface area contributed by atoms with E-state index in [1.165, 1.54) is 18.6 Å². The SMILES string of the molecule is CCC(N)N(Cc1cnccn1)C(=O)O. The van der Waals surface area contributed by atoms with Crippen molar-refractivity contribution in [1.29, 1.82) is 0 Å². The molecule has 0 aliphatic carbocycles. The second-order valence-corrected chi connectivity index (χ2v) is 3.08. The maximum Gasteiger partial charge on any atom is 0.408 e. The number of hydrogen-bond acceptors (Lipinski definition) is 4. The third-order valence-electron chi connectivity index (χ3n) is 2.01. The largest absolute Gasteiger partial charge is 0.465 e. The van der Waals surface area contributed by atoms with Crippen LogP contribution in [0.1, 0.15) is 19.0 Å². The number of hydrogen-bond donors (Lipinski definition) is 2. The first-order valence-corrected chi connectivity index (χ1v) is 4.65. The summed E-state index contributed by atoms with van der Waals surface area (Å²) in [6.07, 6.45) is 3.59. The van der Waals surface area contributed by atoms with Crippen LogP contribution in [0.4, 0.5) is 4.79 Å². The van der Waals surface area contributed by atoms with Gasteiger partial charge in [0.25, 0.3) is 0 Å². The first-order valence-electron chi connectivity index (χ1n) is 4.65. The second-order valence-electron chi connectivity index (χ2n) is 3.08. The van der Waals surface area contributed by atoms with Crippen molar-refractivity contribution in [2.45, 2.75) is 26.1 Å². The second kappa shape index (κ2) is 5.26. The van der Waals surface area contributed by atoms with E-state index < -0.39 is 12.3 Å². The van der Waals surface area contributed by atoms with E-state index in [-0.39, 0.29) is 6.54 Å². The molecule has 0 fully saturated rings. The van der Waals surface area contributed by atoms with E-state index in [2.05, 4.69) is 9.97 Å². The molecule has 1 atom stereocenters. The van der Waals surface area contributed by atoms with Gasteiger partial charge in [-0.05, 0) is 6.42 Å². The maximum absolute atomic E-state index is 10.9. The summed E-state index contributed by atoms with van der Waals surface area (Å²) in [5, 5.41) is 8.93. The Morgan fingerprint density at radius 3 is 2.87 bits per heavy atom. The molecule has 0 spiro atoms. The van der Waals surface area contributed by atoms with Gasteiger partial charge in [0.2, 0.25) is 0 Å². The summed E-state index contributed by atoms with van der Waals surface area (Å²) in [5.41, 5.74) is 6.25. The van der Waals surface area contributed by atoms with Gasteiger partial charge in [0.05, 0.1) is 24.6 Å². The molecule has 15 heavy (non-hydrogen) atoms. The van der Waals surface area contributed by atoms with E-state index in [0.717, 1.165) is 4.90 Å². The zero-order valence-corrected chi connectivity index (χ0v) is 8.50. The number of nitrogens with zero attached hydrogens (tertiary/aromatic N) is 3. The molecule has 0 aliphatic rings. The fourth-order valence-electron chi connectivity index (χ4n) is 1.13. The van der Waals surface area contributed by atoms with Crippen LogP contribution in [0.25, 0.3) is 0 Å². The molecule has 0 aromatic carbocycles. The van der Waals surface area contributed by atoms with Crippen molar-refractivity contribution in [3.63, 3.8) is 0 Å². The number of carbonyl (C=O) groups is 1. The Morgan fingerprint density at radius 1 is 1.67 bits per heavy atom. The minimum atomic E-state index is -1.05. The average Bonchev–Trinajstić information content (AvgIpc) is 2.26. The van der Waals surface area contributed by atoms with Gasteiger partial charge in [-0.2, -0.15) is 0 Å². The Bertz CT molecular complexity index is 317. The van der Waals surface area contributed by atoms with Gasteiger partial charge in [-0.3, -0.25) is 14.9 Å². The van der Waals surface area contributed by atoms with Gasteiger partial charge in [-0.15, -0.1) is 0 Å². The smallest absolute Gasteiger partial charge is 0.408 e. The van der Waals surface area contributed by atoms with Gasteiger partial charge in [0, 0.05) is 12.4 Å². The van der Waals surface area contributed by atoms with E-state index >= 15 is 0 Å². The van der Waals surface area contributed by atoms with Crippen LogP contribution < -0.4 is 5.73 Å². The van der Waals surface area contributed by atoms with Crippen LogP contribution in [0.3, 0.4) is 0 Å². The first-order chi connectivity index (χ1) is 7.15. The Hall–Kier alpha value is -1.69. The highest BCUT2D eigenvalue weighted by Gasteiger charge is 2.18. The molecular weight excluding hydrogens is 196 g/mol. The van der Waals surface area contributed by atoms with Crippen molar-refractivity contribution in [2.24, 2.45) is 5.73 Å². The number of nitrogens with two attached hydrogens (primary N) is 1. The molecule has 1 rings (SSSR count). The Morgan fingerprint density at radius 2 is 2.40 bits per heavy atom. The maximum atomic E-state index is 10.9. The minimum absolute atomic E-state index is 0.165. The Kier molecular flexibility index (Phi) is 3.99. The van der Waals surface area contributed by atoms with Gasteiger partial charge in [-0.25, -0.2) is 4.79 Å². The zero-order chi connectivity index (χ0) is 11.3. The molecule has 1 unspecified atom stereocenters. The summed E-state index contributed by atoms with van der Waals surface area (Å²) in [5.74, 6) is 0. The molecule has 3 N–H and O–H groups in total. The molecule has 1 amide bonds. The van der Waals surface area contributed by atoms with E-state index in [1.54, 1.807) is 0 Å². The van der Waals surface area contributed by atoms with Crippen LogP contribution in [0.15, 0.2) is 18.6 Å². The summed E-state index contributed by atoms with van der Waals surface area (Å²) >= 11 is 0. The highest BCUT2D eigenvalue weighted by molar-refractivity contribution is 5.65. The van der Waals surface area contributed by atoms with E-state index in [0.29, 0.717) is 12.1 Å². The van der Waals surface area contributed by atoms with Gasteiger partial charge < -0.3 is 10.8 Å². The fourth-order valence-corrected chi connectivity index (χ4v) is 1.13. The van der Waals surface area contributed by atoms with Crippen LogP contribution in [-0.2, 0) is 6.54 Å². The Labute approximate surface area is 87.8 Å². The van der Waals surface area contributed by atoms with Crippen LogP contribution in [-0.4, -0.2) is 32.2 Å². The van der Waals surface area contributed by atoms with Crippen molar-refractivity contribution in [2.75, 3.05) is 0 Å². The quantitative estimate of drug-likeness (QED) is 0.712. The van der Waals surface area contributed by atoms with Gasteiger partial charge >= 0.3 is 6.09 Å². The van der Waals surface area contributed by atoms with E-state index in [9.17, 15) is 4.79 Å². The molecule has 1 aromatic heterocycles. The summed E-state index contributed by atoms with van der Waals surface area (Å²) in [4.78, 5) is 19.9. The molecule has 6 nitrogen and oxygen atoms in total. The van der Waals surface area contributed by atoms with E-state index in [4.69, 9.17) is 10.8 Å². The lowest BCUT2D eigenvalue weighted by Gasteiger charge is -2.24. The van der Waals surface area contributed by atoms with E-state index in [1.807, 2.05) is 6.92 Å². The number of amides is 1. The summed E-state index contributed by atoms with van der Waals surface area (Å²) in [7, 11) is 0. The highest BCUT2D eigenvalue weighted by atomic mass is 16.4. The summed E-state index contributed by atoms with van der Waals surface area (Å²) < 4.78 is 0. The molecule has 0 aliphatic heterocycles. The predicted octanol–water partition coefficient (Wildman–Crippen LogP) is 0.651. The van der Waals surface area contributed by atoms with Crippen LogP contribution in [0, 0.1) is 0 Å². The number of aromatic nitrogens is 2. The molecule has 82 valence electrons. The van der Waals surface area contributed by atoms with Gasteiger partial charge in [0.1, 0.15) is 0 Å². The lowest BCUT2D eigenvalue weighted by atomic mass is 10.3. The highest BCUT2D eigenvalue weighted by Crippen LogP contribution is 2.04. The Balaban J connectivity index is 2.71. The fraction of sp³-hybridized carbons (Fsp3) is 0.444. The standard InChI is InChI=1S/C9H14N4O2/c1-2-8(10)13(9(14)15)6-7-5-11-3-4-12-7/h3-5,8H,2,6,10H2,1H3,(H,14,15). The third kappa shape index (κ3) is 3.17. The lowest BCUT2D eigenvalue weighted by molar-refractivity contribution is 0.119. The number of rotatable bonds is 4.